The highest BCUT2D eigenvalue weighted by Crippen LogP contribution is 2.23. The van der Waals surface area contributed by atoms with Gasteiger partial charge < -0.3 is 5.32 Å². The zero-order valence-electron chi connectivity index (χ0n) is 8.46. The Morgan fingerprint density at radius 3 is 2.80 bits per heavy atom. The Balaban J connectivity index is 1.81. The summed E-state index contributed by atoms with van der Waals surface area (Å²) in [5, 5.41) is 3.09. The van der Waals surface area contributed by atoms with E-state index >= 15 is 0 Å². The second-order valence-corrected chi connectivity index (χ2v) is 6.48. The van der Waals surface area contributed by atoms with Crippen LogP contribution in [0.5, 0.6) is 0 Å². The van der Waals surface area contributed by atoms with E-state index in [-0.39, 0.29) is 5.91 Å². The van der Waals surface area contributed by atoms with E-state index in [9.17, 15) is 4.79 Å². The van der Waals surface area contributed by atoms with Crippen LogP contribution in [-0.2, 0) is 11.2 Å². The molecule has 0 spiro atoms. The first-order chi connectivity index (χ1) is 7.24. The largest absolute Gasteiger partial charge is 0.353 e. The van der Waals surface area contributed by atoms with Gasteiger partial charge in [-0.05, 0) is 40.9 Å². The van der Waals surface area contributed by atoms with Crippen molar-refractivity contribution in [3.05, 3.63) is 20.8 Å². The quantitative estimate of drug-likeness (QED) is 0.909. The minimum atomic E-state index is 0.163. The van der Waals surface area contributed by atoms with Gasteiger partial charge in [-0.2, -0.15) is 0 Å². The maximum atomic E-state index is 11.7. The summed E-state index contributed by atoms with van der Waals surface area (Å²) in [7, 11) is 0. The van der Waals surface area contributed by atoms with Crippen molar-refractivity contribution in [3.63, 3.8) is 0 Å². The number of amides is 1. The molecule has 15 heavy (non-hydrogen) atoms. The van der Waals surface area contributed by atoms with Crippen LogP contribution in [0.3, 0.4) is 0 Å². The van der Waals surface area contributed by atoms with Crippen molar-refractivity contribution in [2.24, 2.45) is 0 Å². The van der Waals surface area contributed by atoms with Crippen LogP contribution in [0, 0.1) is 0 Å². The van der Waals surface area contributed by atoms with E-state index in [0.29, 0.717) is 12.5 Å². The maximum Gasteiger partial charge on any atom is 0.225 e. The lowest BCUT2D eigenvalue weighted by Crippen LogP contribution is -2.33. The number of carbonyl (C=O) groups excluding carboxylic acids is 1. The zero-order valence-corrected chi connectivity index (χ0v) is 10.9. The summed E-state index contributed by atoms with van der Waals surface area (Å²) < 4.78 is 1.09. The molecule has 1 aliphatic rings. The SMILES string of the molecule is O=C(Cc1ccc(Br)s1)NC1CCCC1. The highest BCUT2D eigenvalue weighted by atomic mass is 79.9. The highest BCUT2D eigenvalue weighted by Gasteiger charge is 2.17. The lowest BCUT2D eigenvalue weighted by molar-refractivity contribution is -0.121. The van der Waals surface area contributed by atoms with Crippen molar-refractivity contribution >= 4 is 33.2 Å². The van der Waals surface area contributed by atoms with Gasteiger partial charge in [-0.15, -0.1) is 11.3 Å². The molecule has 0 radical (unpaired) electrons. The minimum Gasteiger partial charge on any atom is -0.353 e. The van der Waals surface area contributed by atoms with Gasteiger partial charge in [0.05, 0.1) is 10.2 Å². The van der Waals surface area contributed by atoms with Gasteiger partial charge >= 0.3 is 0 Å². The molecule has 0 aliphatic heterocycles. The molecule has 1 amide bonds. The minimum absolute atomic E-state index is 0.163. The van der Waals surface area contributed by atoms with Crippen LogP contribution in [0.1, 0.15) is 30.6 Å². The van der Waals surface area contributed by atoms with Crippen molar-refractivity contribution in [2.45, 2.75) is 38.1 Å². The Morgan fingerprint density at radius 1 is 1.47 bits per heavy atom. The van der Waals surface area contributed by atoms with Gasteiger partial charge in [0, 0.05) is 10.9 Å². The predicted octanol–water partition coefficient (Wildman–Crippen LogP) is 3.11. The van der Waals surface area contributed by atoms with Crippen LogP contribution in [0.2, 0.25) is 0 Å². The Bertz CT molecular complexity index is 344. The van der Waals surface area contributed by atoms with Crippen molar-refractivity contribution in [3.8, 4) is 0 Å². The van der Waals surface area contributed by atoms with Gasteiger partial charge in [0.15, 0.2) is 0 Å². The number of halogens is 1. The van der Waals surface area contributed by atoms with Crippen molar-refractivity contribution < 1.29 is 4.79 Å². The molecule has 1 saturated carbocycles. The molecule has 0 bridgehead atoms. The van der Waals surface area contributed by atoms with E-state index in [4.69, 9.17) is 0 Å². The summed E-state index contributed by atoms with van der Waals surface area (Å²) in [6.07, 6.45) is 5.34. The molecule has 0 atom stereocenters. The van der Waals surface area contributed by atoms with E-state index in [0.717, 1.165) is 21.5 Å². The molecule has 0 unspecified atom stereocenters. The van der Waals surface area contributed by atoms with E-state index in [1.807, 2.05) is 12.1 Å². The number of hydrogen-bond donors (Lipinski definition) is 1. The van der Waals surface area contributed by atoms with E-state index in [2.05, 4.69) is 21.2 Å². The Morgan fingerprint density at radius 2 is 2.20 bits per heavy atom. The van der Waals surface area contributed by atoms with Crippen molar-refractivity contribution in [1.82, 2.24) is 5.32 Å². The summed E-state index contributed by atoms with van der Waals surface area (Å²) >= 11 is 5.03. The molecule has 1 aliphatic carbocycles. The molecule has 82 valence electrons. The average Bonchev–Trinajstić information content (AvgIpc) is 2.77. The molecule has 1 fully saturated rings. The monoisotopic (exact) mass is 287 g/mol. The molecule has 4 heteroatoms. The normalized spacial score (nSPS) is 16.9. The number of rotatable bonds is 3. The fourth-order valence-electron chi connectivity index (χ4n) is 1.95. The molecule has 0 aromatic carbocycles. The van der Waals surface area contributed by atoms with Crippen LogP contribution in [0.4, 0.5) is 0 Å². The summed E-state index contributed by atoms with van der Waals surface area (Å²) in [4.78, 5) is 12.8. The molecular weight excluding hydrogens is 274 g/mol. The van der Waals surface area contributed by atoms with Crippen LogP contribution in [-0.4, -0.2) is 11.9 Å². The molecule has 2 nitrogen and oxygen atoms in total. The highest BCUT2D eigenvalue weighted by molar-refractivity contribution is 9.11. The standard InChI is InChI=1S/C11H14BrNOS/c12-10-6-5-9(15-10)7-11(14)13-8-3-1-2-4-8/h5-6,8H,1-4,7H2,(H,13,14). The van der Waals surface area contributed by atoms with Gasteiger partial charge in [-0.3, -0.25) is 4.79 Å². The van der Waals surface area contributed by atoms with Gasteiger partial charge in [-0.1, -0.05) is 12.8 Å². The fourth-order valence-corrected chi connectivity index (χ4v) is 3.44. The molecule has 1 aromatic heterocycles. The van der Waals surface area contributed by atoms with Gasteiger partial charge in [0.2, 0.25) is 5.91 Å². The molecular formula is C11H14BrNOS. The Labute approximate surface area is 102 Å². The van der Waals surface area contributed by atoms with Crippen LogP contribution >= 0.6 is 27.3 Å². The van der Waals surface area contributed by atoms with E-state index < -0.39 is 0 Å². The maximum absolute atomic E-state index is 11.7. The lowest BCUT2D eigenvalue weighted by atomic mass is 10.2. The molecule has 1 N–H and O–H groups in total. The van der Waals surface area contributed by atoms with E-state index in [1.54, 1.807) is 11.3 Å². The van der Waals surface area contributed by atoms with Gasteiger partial charge in [0.25, 0.3) is 0 Å². The first-order valence-electron chi connectivity index (χ1n) is 5.27. The fraction of sp³-hybridized carbons (Fsp3) is 0.545. The summed E-state index contributed by atoms with van der Waals surface area (Å²) in [6, 6.07) is 4.42. The molecule has 2 rings (SSSR count). The first-order valence-corrected chi connectivity index (χ1v) is 6.88. The third kappa shape index (κ3) is 3.31. The second-order valence-electron chi connectivity index (χ2n) is 3.93. The summed E-state index contributed by atoms with van der Waals surface area (Å²) in [5.41, 5.74) is 0. The molecule has 0 saturated heterocycles. The Hall–Kier alpha value is -0.350. The number of nitrogens with one attached hydrogen (secondary N) is 1. The summed E-state index contributed by atoms with van der Waals surface area (Å²) in [6.45, 7) is 0. The summed E-state index contributed by atoms with van der Waals surface area (Å²) in [5.74, 6) is 0.163. The lowest BCUT2D eigenvalue weighted by Gasteiger charge is -2.10. The van der Waals surface area contributed by atoms with Crippen LogP contribution < -0.4 is 5.32 Å². The molecule has 1 aromatic rings. The topological polar surface area (TPSA) is 29.1 Å². The number of thiophene rings is 1. The van der Waals surface area contributed by atoms with Gasteiger partial charge in [0.1, 0.15) is 0 Å². The van der Waals surface area contributed by atoms with Crippen LogP contribution in [0.15, 0.2) is 15.9 Å². The van der Waals surface area contributed by atoms with Crippen molar-refractivity contribution in [2.75, 3.05) is 0 Å². The third-order valence-corrected chi connectivity index (χ3v) is 4.31. The predicted molar refractivity (Wildman–Crippen MR) is 66.1 cm³/mol. The van der Waals surface area contributed by atoms with Gasteiger partial charge in [-0.25, -0.2) is 0 Å². The zero-order chi connectivity index (χ0) is 10.7. The smallest absolute Gasteiger partial charge is 0.225 e. The third-order valence-electron chi connectivity index (χ3n) is 2.68. The average molecular weight is 288 g/mol. The Kier molecular flexibility index (Phi) is 3.81. The number of carbonyl (C=O) groups is 1. The van der Waals surface area contributed by atoms with Crippen molar-refractivity contribution in [1.29, 1.82) is 0 Å². The van der Waals surface area contributed by atoms with Crippen LogP contribution in [0.25, 0.3) is 0 Å². The molecule has 1 heterocycles. The number of hydrogen-bond acceptors (Lipinski definition) is 2. The first kappa shape index (κ1) is 11.1. The second kappa shape index (κ2) is 5.12. The van der Waals surface area contributed by atoms with E-state index in [1.165, 1.54) is 12.8 Å².